The molecule has 0 bridgehead atoms. The van der Waals surface area contributed by atoms with Gasteiger partial charge in [-0.15, -0.1) is 0 Å². The van der Waals surface area contributed by atoms with E-state index in [2.05, 4.69) is 59.4 Å². The zero-order chi connectivity index (χ0) is 13.7. The molecule has 2 aromatic rings. The highest BCUT2D eigenvalue weighted by molar-refractivity contribution is 5.52. The van der Waals surface area contributed by atoms with E-state index in [1.807, 2.05) is 6.07 Å². The van der Waals surface area contributed by atoms with Gasteiger partial charge in [-0.2, -0.15) is 0 Å². The van der Waals surface area contributed by atoms with Crippen molar-refractivity contribution in [3.8, 4) is 0 Å². The van der Waals surface area contributed by atoms with Crippen molar-refractivity contribution in [1.29, 1.82) is 0 Å². The van der Waals surface area contributed by atoms with Gasteiger partial charge in [0, 0.05) is 24.6 Å². The lowest BCUT2D eigenvalue weighted by atomic mass is 10.1. The third kappa shape index (κ3) is 3.76. The minimum Gasteiger partial charge on any atom is -0.377 e. The summed E-state index contributed by atoms with van der Waals surface area (Å²) in [6.45, 7) is 3.01. The van der Waals surface area contributed by atoms with Crippen molar-refractivity contribution in [2.75, 3.05) is 19.4 Å². The molecule has 0 aliphatic rings. The number of benzene rings is 1. The Labute approximate surface area is 114 Å². The highest BCUT2D eigenvalue weighted by atomic mass is 15.1. The molecule has 0 spiro atoms. The van der Waals surface area contributed by atoms with Crippen LogP contribution in [0.25, 0.3) is 0 Å². The number of nitrogens with one attached hydrogen (secondary N) is 1. The predicted molar refractivity (Wildman–Crippen MR) is 77.9 cm³/mol. The molecule has 1 N–H and O–H groups in total. The summed E-state index contributed by atoms with van der Waals surface area (Å²) in [4.78, 5) is 10.6. The molecule has 4 nitrogen and oxygen atoms in total. The first-order chi connectivity index (χ1) is 9.16. The Bertz CT molecular complexity index is 511. The van der Waals surface area contributed by atoms with Gasteiger partial charge in [0.2, 0.25) is 0 Å². The number of anilines is 1. The molecule has 0 saturated heterocycles. The summed E-state index contributed by atoms with van der Waals surface area (Å²) in [6, 6.07) is 8.50. The average Bonchev–Trinajstić information content (AvgIpc) is 2.41. The Balaban J connectivity index is 2.15. The van der Waals surface area contributed by atoms with Gasteiger partial charge in [0.25, 0.3) is 0 Å². The Morgan fingerprint density at radius 1 is 1.21 bits per heavy atom. The molecule has 4 heteroatoms. The molecule has 0 aliphatic carbocycles. The number of hydrogen-bond acceptors (Lipinski definition) is 4. The van der Waals surface area contributed by atoms with Crippen LogP contribution in [0, 0.1) is 0 Å². The largest absolute Gasteiger partial charge is 0.377 e. The normalized spacial score (nSPS) is 12.4. The van der Waals surface area contributed by atoms with E-state index in [4.69, 9.17) is 0 Å². The van der Waals surface area contributed by atoms with Gasteiger partial charge in [0.1, 0.15) is 0 Å². The number of nitrogens with zero attached hydrogens (tertiary/aromatic N) is 3. The van der Waals surface area contributed by atoms with Crippen LogP contribution in [0.1, 0.15) is 24.2 Å². The third-order valence-corrected chi connectivity index (χ3v) is 2.90. The summed E-state index contributed by atoms with van der Waals surface area (Å²) >= 11 is 0. The molecule has 1 heterocycles. The van der Waals surface area contributed by atoms with Crippen LogP contribution in [0.4, 0.5) is 5.69 Å². The maximum absolute atomic E-state index is 4.33. The minimum absolute atomic E-state index is 0.136. The first-order valence-electron chi connectivity index (χ1n) is 6.42. The molecule has 0 aliphatic heterocycles. The highest BCUT2D eigenvalue weighted by Gasteiger charge is 2.09. The fourth-order valence-electron chi connectivity index (χ4n) is 1.98. The van der Waals surface area contributed by atoms with Crippen LogP contribution in [-0.2, 0) is 6.54 Å². The quantitative estimate of drug-likeness (QED) is 0.893. The molecule has 0 fully saturated rings. The van der Waals surface area contributed by atoms with Gasteiger partial charge in [-0.3, -0.25) is 9.97 Å². The Kier molecular flexibility index (Phi) is 4.47. The molecule has 1 unspecified atom stereocenters. The minimum atomic E-state index is 0.136. The lowest BCUT2D eigenvalue weighted by molar-refractivity contribution is 0.403. The number of para-hydroxylation sites is 1. The molecule has 100 valence electrons. The van der Waals surface area contributed by atoms with E-state index >= 15 is 0 Å². The monoisotopic (exact) mass is 256 g/mol. The molecular formula is C15H20N4. The van der Waals surface area contributed by atoms with Gasteiger partial charge in [-0.1, -0.05) is 18.2 Å². The zero-order valence-corrected chi connectivity index (χ0v) is 11.7. The standard InChI is InChI=1S/C15H20N4/c1-12(15-10-16-8-9-17-15)18-14-7-5-4-6-13(14)11-19(2)3/h4-10,12,18H,11H2,1-3H3. The smallest absolute Gasteiger partial charge is 0.0806 e. The van der Waals surface area contributed by atoms with Crippen LogP contribution < -0.4 is 5.32 Å². The first kappa shape index (κ1) is 13.5. The third-order valence-electron chi connectivity index (χ3n) is 2.90. The summed E-state index contributed by atoms with van der Waals surface area (Å²) in [7, 11) is 4.14. The summed E-state index contributed by atoms with van der Waals surface area (Å²) in [6.07, 6.45) is 5.21. The van der Waals surface area contributed by atoms with Gasteiger partial charge in [0.15, 0.2) is 0 Å². The molecule has 1 aromatic carbocycles. The Hall–Kier alpha value is -1.94. The average molecular weight is 256 g/mol. The van der Waals surface area contributed by atoms with Crippen LogP contribution in [-0.4, -0.2) is 29.0 Å². The molecule has 0 radical (unpaired) electrons. The SMILES string of the molecule is CC(Nc1ccccc1CN(C)C)c1cnccn1. The molecule has 2 rings (SSSR count). The maximum atomic E-state index is 4.33. The topological polar surface area (TPSA) is 41.0 Å². The highest BCUT2D eigenvalue weighted by Crippen LogP contribution is 2.21. The van der Waals surface area contributed by atoms with E-state index in [0.717, 1.165) is 17.9 Å². The predicted octanol–water partition coefficient (Wildman–Crippen LogP) is 2.71. The van der Waals surface area contributed by atoms with Crippen LogP contribution >= 0.6 is 0 Å². The molecule has 1 aromatic heterocycles. The van der Waals surface area contributed by atoms with Crippen molar-refractivity contribution in [3.05, 3.63) is 54.1 Å². The Morgan fingerprint density at radius 3 is 2.68 bits per heavy atom. The maximum Gasteiger partial charge on any atom is 0.0806 e. The van der Waals surface area contributed by atoms with Crippen molar-refractivity contribution in [2.24, 2.45) is 0 Å². The molecule has 0 saturated carbocycles. The summed E-state index contributed by atoms with van der Waals surface area (Å²) in [5.41, 5.74) is 3.37. The summed E-state index contributed by atoms with van der Waals surface area (Å²) < 4.78 is 0. The second-order valence-electron chi connectivity index (χ2n) is 4.89. The number of aromatic nitrogens is 2. The van der Waals surface area contributed by atoms with E-state index in [1.165, 1.54) is 5.56 Å². The molecule has 1 atom stereocenters. The fraction of sp³-hybridized carbons (Fsp3) is 0.333. The van der Waals surface area contributed by atoms with Crippen LogP contribution in [0.2, 0.25) is 0 Å². The van der Waals surface area contributed by atoms with Gasteiger partial charge >= 0.3 is 0 Å². The van der Waals surface area contributed by atoms with Crippen molar-refractivity contribution >= 4 is 5.69 Å². The lowest BCUT2D eigenvalue weighted by Crippen LogP contribution is -2.14. The second-order valence-corrected chi connectivity index (χ2v) is 4.89. The number of rotatable bonds is 5. The van der Waals surface area contributed by atoms with Gasteiger partial charge < -0.3 is 10.2 Å². The summed E-state index contributed by atoms with van der Waals surface area (Å²) in [5, 5.41) is 3.50. The molecular weight excluding hydrogens is 236 g/mol. The first-order valence-corrected chi connectivity index (χ1v) is 6.42. The van der Waals surface area contributed by atoms with E-state index in [9.17, 15) is 0 Å². The molecule has 0 amide bonds. The van der Waals surface area contributed by atoms with Gasteiger partial charge in [-0.25, -0.2) is 0 Å². The van der Waals surface area contributed by atoms with Crippen LogP contribution in [0.15, 0.2) is 42.9 Å². The van der Waals surface area contributed by atoms with Crippen molar-refractivity contribution < 1.29 is 0 Å². The van der Waals surface area contributed by atoms with E-state index in [1.54, 1.807) is 18.6 Å². The van der Waals surface area contributed by atoms with E-state index in [0.29, 0.717) is 0 Å². The van der Waals surface area contributed by atoms with Crippen molar-refractivity contribution in [1.82, 2.24) is 14.9 Å². The number of hydrogen-bond donors (Lipinski definition) is 1. The molecule has 19 heavy (non-hydrogen) atoms. The van der Waals surface area contributed by atoms with Gasteiger partial charge in [-0.05, 0) is 32.6 Å². The van der Waals surface area contributed by atoms with Crippen LogP contribution in [0.5, 0.6) is 0 Å². The Morgan fingerprint density at radius 2 is 2.00 bits per heavy atom. The summed E-state index contributed by atoms with van der Waals surface area (Å²) in [5.74, 6) is 0. The van der Waals surface area contributed by atoms with Gasteiger partial charge in [0.05, 0.1) is 17.9 Å². The van der Waals surface area contributed by atoms with Crippen molar-refractivity contribution in [3.63, 3.8) is 0 Å². The van der Waals surface area contributed by atoms with E-state index in [-0.39, 0.29) is 6.04 Å². The second kappa shape index (κ2) is 6.29. The van der Waals surface area contributed by atoms with Crippen LogP contribution in [0.3, 0.4) is 0 Å². The van der Waals surface area contributed by atoms with E-state index < -0.39 is 0 Å². The lowest BCUT2D eigenvalue weighted by Gasteiger charge is -2.19. The fourth-order valence-corrected chi connectivity index (χ4v) is 1.98. The van der Waals surface area contributed by atoms with Crippen molar-refractivity contribution in [2.45, 2.75) is 19.5 Å². The zero-order valence-electron chi connectivity index (χ0n) is 11.7.